The van der Waals surface area contributed by atoms with Gasteiger partial charge in [-0.2, -0.15) is 0 Å². The number of ether oxygens (including phenoxy) is 1. The van der Waals surface area contributed by atoms with Gasteiger partial charge in [-0.3, -0.25) is 9.59 Å². The highest BCUT2D eigenvalue weighted by Gasteiger charge is 2.30. The Morgan fingerprint density at radius 3 is 2.71 bits per heavy atom. The predicted octanol–water partition coefficient (Wildman–Crippen LogP) is 3.87. The molecule has 6 rings (SSSR count). The van der Waals surface area contributed by atoms with E-state index in [2.05, 4.69) is 14.8 Å². The first-order valence-corrected chi connectivity index (χ1v) is 13.9. The fourth-order valence-electron chi connectivity index (χ4n) is 5.82. The van der Waals surface area contributed by atoms with Gasteiger partial charge in [0.2, 0.25) is 0 Å². The fraction of sp³-hybridized carbons (Fsp3) is 0.367. The zero-order chi connectivity index (χ0) is 28.5. The highest BCUT2D eigenvalue weighted by Crippen LogP contribution is 2.36. The maximum Gasteiger partial charge on any atom is 0.303 e. The number of benzene rings is 1. The Morgan fingerprint density at radius 2 is 1.90 bits per heavy atom. The van der Waals surface area contributed by atoms with Crippen molar-refractivity contribution < 1.29 is 18.7 Å². The van der Waals surface area contributed by atoms with Crippen molar-refractivity contribution in [2.24, 2.45) is 0 Å². The second-order valence-corrected chi connectivity index (χ2v) is 10.6. The Morgan fingerprint density at radius 1 is 1.05 bits per heavy atom. The smallest absolute Gasteiger partial charge is 0.303 e. The number of amides is 1. The van der Waals surface area contributed by atoms with Crippen molar-refractivity contribution >= 4 is 29.2 Å². The Kier molecular flexibility index (Phi) is 7.25. The van der Waals surface area contributed by atoms with Crippen LogP contribution in [-0.4, -0.2) is 75.2 Å². The van der Waals surface area contributed by atoms with Crippen LogP contribution in [0.5, 0.6) is 0 Å². The molecule has 212 valence electrons. The molecule has 1 amide bonds. The van der Waals surface area contributed by atoms with Gasteiger partial charge in [0, 0.05) is 39.1 Å². The van der Waals surface area contributed by atoms with Crippen molar-refractivity contribution in [2.45, 2.75) is 38.8 Å². The normalized spacial score (nSPS) is 19.1. The number of carbonyl (C=O) groups excluding carboxylic acids is 2. The van der Waals surface area contributed by atoms with E-state index in [1.54, 1.807) is 23.2 Å². The van der Waals surface area contributed by atoms with E-state index in [1.165, 1.54) is 13.0 Å². The number of imidazole rings is 1. The summed E-state index contributed by atoms with van der Waals surface area (Å²) in [6, 6.07) is 16.6. The minimum absolute atomic E-state index is 0.0608. The molecule has 0 saturated carbocycles. The van der Waals surface area contributed by atoms with Gasteiger partial charge in [-0.1, -0.05) is 18.2 Å². The molecular formula is C30H32FN7O3. The van der Waals surface area contributed by atoms with Crippen LogP contribution >= 0.6 is 0 Å². The van der Waals surface area contributed by atoms with Crippen LogP contribution < -0.4 is 9.80 Å². The van der Waals surface area contributed by atoms with E-state index in [0.29, 0.717) is 25.3 Å². The number of hydrogen-bond acceptors (Lipinski definition) is 8. The summed E-state index contributed by atoms with van der Waals surface area (Å²) < 4.78 is 20.7. The third-order valence-electron chi connectivity index (χ3n) is 7.80. The minimum Gasteiger partial charge on any atom is -0.456 e. The maximum absolute atomic E-state index is 14.0. The van der Waals surface area contributed by atoms with E-state index in [-0.39, 0.29) is 30.4 Å². The average molecular weight is 558 g/mol. The highest BCUT2D eigenvalue weighted by molar-refractivity contribution is 5.80. The summed E-state index contributed by atoms with van der Waals surface area (Å²) in [5.41, 5.74) is 3.18. The van der Waals surface area contributed by atoms with Gasteiger partial charge in [-0.25, -0.2) is 18.9 Å². The highest BCUT2D eigenvalue weighted by atomic mass is 19.1. The van der Waals surface area contributed by atoms with Gasteiger partial charge in [0.15, 0.2) is 12.3 Å². The molecule has 2 aliphatic rings. The Bertz CT molecular complexity index is 1590. The van der Waals surface area contributed by atoms with E-state index in [9.17, 15) is 14.0 Å². The van der Waals surface area contributed by atoms with E-state index < -0.39 is 5.97 Å². The van der Waals surface area contributed by atoms with Crippen molar-refractivity contribution in [2.75, 3.05) is 42.6 Å². The molecule has 0 radical (unpaired) electrons. The molecule has 4 aromatic rings. The van der Waals surface area contributed by atoms with Gasteiger partial charge in [0.25, 0.3) is 5.91 Å². The largest absolute Gasteiger partial charge is 0.456 e. The number of piperazine rings is 1. The lowest BCUT2D eigenvalue weighted by molar-refractivity contribution is -0.151. The van der Waals surface area contributed by atoms with Crippen LogP contribution in [0.2, 0.25) is 0 Å². The van der Waals surface area contributed by atoms with Gasteiger partial charge >= 0.3 is 5.97 Å². The van der Waals surface area contributed by atoms with Crippen LogP contribution in [0.25, 0.3) is 17.0 Å². The van der Waals surface area contributed by atoms with Crippen molar-refractivity contribution in [3.05, 3.63) is 72.2 Å². The number of esters is 1. The van der Waals surface area contributed by atoms with Crippen molar-refractivity contribution in [3.8, 4) is 11.4 Å². The van der Waals surface area contributed by atoms with Crippen LogP contribution in [0, 0.1) is 5.82 Å². The third-order valence-corrected chi connectivity index (χ3v) is 7.80. The van der Waals surface area contributed by atoms with E-state index >= 15 is 0 Å². The van der Waals surface area contributed by atoms with E-state index in [0.717, 1.165) is 48.0 Å². The van der Waals surface area contributed by atoms with Crippen LogP contribution in [0.3, 0.4) is 0 Å². The Labute approximate surface area is 237 Å². The average Bonchev–Trinajstić information content (AvgIpc) is 3.63. The summed E-state index contributed by atoms with van der Waals surface area (Å²) in [5.74, 6) is 0.720. The zero-order valence-electron chi connectivity index (χ0n) is 23.1. The Balaban J connectivity index is 1.23. The molecule has 2 atom stereocenters. The molecule has 0 spiro atoms. The molecule has 0 aliphatic carbocycles. The molecule has 3 aromatic heterocycles. The first-order valence-electron chi connectivity index (χ1n) is 13.9. The lowest BCUT2D eigenvalue weighted by Crippen LogP contribution is -2.55. The van der Waals surface area contributed by atoms with Gasteiger partial charge < -0.3 is 19.4 Å². The number of anilines is 2. The van der Waals surface area contributed by atoms with Crippen molar-refractivity contribution in [1.82, 2.24) is 24.5 Å². The molecule has 2 saturated heterocycles. The minimum atomic E-state index is -0.466. The summed E-state index contributed by atoms with van der Waals surface area (Å²) >= 11 is 0. The van der Waals surface area contributed by atoms with Crippen molar-refractivity contribution in [3.63, 3.8) is 0 Å². The predicted molar refractivity (Wildman–Crippen MR) is 152 cm³/mol. The molecule has 5 heterocycles. The molecule has 0 N–H and O–H groups in total. The summed E-state index contributed by atoms with van der Waals surface area (Å²) in [6.07, 6.45) is 3.72. The molecular weight excluding hydrogens is 525 g/mol. The summed E-state index contributed by atoms with van der Waals surface area (Å²) in [7, 11) is 0. The number of nitrogens with zero attached hydrogens (tertiary/aromatic N) is 7. The number of halogens is 1. The lowest BCUT2D eigenvalue weighted by atomic mass is 10.0. The summed E-state index contributed by atoms with van der Waals surface area (Å²) in [4.78, 5) is 39.2. The monoisotopic (exact) mass is 557 g/mol. The number of hydrogen-bond donors (Lipinski definition) is 0. The molecule has 11 heteroatoms. The molecule has 0 unspecified atom stereocenters. The maximum atomic E-state index is 14.0. The SMILES string of the molecule is CC(=O)OCC(=O)N1CCN(c2cccc(-c3cnc4ccc(N5CCC[C@@H]5c5cccc(F)c5)nn34)n2)C[C@H]1C. The standard InChI is InChI=1S/C30H32FN7O3/c1-20-18-35(14-15-36(20)30(40)19-41-21(2)39)28-10-4-8-24(33-28)26-17-32-27-11-12-29(34-38(26)27)37-13-5-9-25(37)22-6-3-7-23(31)16-22/h3-4,6-8,10-12,16-17,20,25H,5,9,13-15,18-19H2,1-2H3/t20-,25-/m1/s1. The lowest BCUT2D eigenvalue weighted by Gasteiger charge is -2.40. The van der Waals surface area contributed by atoms with Crippen LogP contribution in [0.15, 0.2) is 60.8 Å². The van der Waals surface area contributed by atoms with Crippen LogP contribution in [0.1, 0.15) is 38.3 Å². The number of carbonyl (C=O) groups is 2. The van der Waals surface area contributed by atoms with Gasteiger partial charge in [0.05, 0.1) is 17.9 Å². The number of pyridine rings is 1. The Hall–Kier alpha value is -4.54. The second kappa shape index (κ2) is 11.1. The van der Waals surface area contributed by atoms with E-state index in [4.69, 9.17) is 14.8 Å². The van der Waals surface area contributed by atoms with Crippen LogP contribution in [0.4, 0.5) is 16.0 Å². The number of rotatable bonds is 6. The van der Waals surface area contributed by atoms with Crippen LogP contribution in [-0.2, 0) is 14.3 Å². The van der Waals surface area contributed by atoms with Crippen molar-refractivity contribution in [1.29, 1.82) is 0 Å². The summed E-state index contributed by atoms with van der Waals surface area (Å²) in [5, 5.41) is 4.96. The van der Waals surface area contributed by atoms with Gasteiger partial charge in [-0.05, 0) is 61.7 Å². The molecule has 2 fully saturated rings. The molecule has 2 aliphatic heterocycles. The second-order valence-electron chi connectivity index (χ2n) is 10.6. The van der Waals surface area contributed by atoms with Gasteiger partial charge in [0.1, 0.15) is 23.1 Å². The number of aromatic nitrogens is 4. The molecule has 1 aromatic carbocycles. The van der Waals surface area contributed by atoms with Gasteiger partial charge in [-0.15, -0.1) is 5.10 Å². The fourth-order valence-corrected chi connectivity index (χ4v) is 5.82. The third kappa shape index (κ3) is 5.44. The molecule has 0 bridgehead atoms. The number of fused-ring (bicyclic) bond motifs is 1. The zero-order valence-corrected chi connectivity index (χ0v) is 23.1. The van der Waals surface area contributed by atoms with E-state index in [1.807, 2.05) is 47.8 Å². The summed E-state index contributed by atoms with van der Waals surface area (Å²) in [6.45, 7) is 5.60. The quantitative estimate of drug-likeness (QED) is 0.330. The first kappa shape index (κ1) is 26.7. The first-order chi connectivity index (χ1) is 19.9. The topological polar surface area (TPSA) is 96.2 Å². The molecule has 10 nitrogen and oxygen atoms in total. The molecule has 41 heavy (non-hydrogen) atoms.